The third-order valence-electron chi connectivity index (χ3n) is 3.67. The van der Waals surface area contributed by atoms with Gasteiger partial charge in [-0.15, -0.1) is 0 Å². The van der Waals surface area contributed by atoms with Gasteiger partial charge in [0.25, 0.3) is 0 Å². The monoisotopic (exact) mass is 217 g/mol. The number of rotatable bonds is 1. The third kappa shape index (κ3) is 1.39. The van der Waals surface area contributed by atoms with Crippen LogP contribution < -0.4 is 10.6 Å². The van der Waals surface area contributed by atoms with Crippen LogP contribution in [0.25, 0.3) is 12.2 Å². The van der Waals surface area contributed by atoms with E-state index in [0.717, 1.165) is 31.4 Å². The van der Waals surface area contributed by atoms with Crippen molar-refractivity contribution in [2.45, 2.75) is 32.1 Å². The van der Waals surface area contributed by atoms with Crippen LogP contribution in [0.1, 0.15) is 30.5 Å². The summed E-state index contributed by atoms with van der Waals surface area (Å²) in [4.78, 5) is 14.4. The van der Waals surface area contributed by atoms with Gasteiger partial charge in [-0.3, -0.25) is 4.79 Å². The summed E-state index contributed by atoms with van der Waals surface area (Å²) in [6.07, 6.45) is 9.06. The average Bonchev–Trinajstić information content (AvgIpc) is 2.66. The van der Waals surface area contributed by atoms with Gasteiger partial charge in [-0.2, -0.15) is 0 Å². The van der Waals surface area contributed by atoms with Crippen LogP contribution in [-0.2, 0) is 17.6 Å². The summed E-state index contributed by atoms with van der Waals surface area (Å²) in [5, 5.41) is 11.6. The largest absolute Gasteiger partial charge is 0.481 e. The molecule has 0 amide bonds. The molecule has 0 radical (unpaired) electrons. The second kappa shape index (κ2) is 3.51. The number of H-pyrrole nitrogens is 1. The van der Waals surface area contributed by atoms with Crippen LogP contribution in [0, 0.1) is 5.92 Å². The molecule has 0 fully saturated rings. The number of carbonyl (C=O) groups is 1. The van der Waals surface area contributed by atoms with Crippen LogP contribution in [-0.4, -0.2) is 16.1 Å². The first-order valence-electron chi connectivity index (χ1n) is 5.88. The summed E-state index contributed by atoms with van der Waals surface area (Å²) >= 11 is 0. The highest BCUT2D eigenvalue weighted by Crippen LogP contribution is 2.22. The van der Waals surface area contributed by atoms with Crippen molar-refractivity contribution < 1.29 is 9.90 Å². The summed E-state index contributed by atoms with van der Waals surface area (Å²) in [7, 11) is 0. The highest BCUT2D eigenvalue weighted by Gasteiger charge is 2.26. The molecule has 3 nitrogen and oxygen atoms in total. The SMILES string of the molecule is O=C(O)C1CCc2c([nH]c3c2=CCCC=3)C1. The second-order valence-electron chi connectivity index (χ2n) is 4.67. The number of carboxylic acids is 1. The molecule has 0 bridgehead atoms. The van der Waals surface area contributed by atoms with Gasteiger partial charge in [0.1, 0.15) is 0 Å². The molecule has 0 aromatic carbocycles. The normalized spacial score (nSPS) is 22.6. The minimum Gasteiger partial charge on any atom is -0.481 e. The molecule has 0 spiro atoms. The summed E-state index contributed by atoms with van der Waals surface area (Å²) in [5.41, 5.74) is 2.52. The number of fused-ring (bicyclic) bond motifs is 3. The van der Waals surface area contributed by atoms with Crippen LogP contribution in [0.3, 0.4) is 0 Å². The van der Waals surface area contributed by atoms with E-state index < -0.39 is 5.97 Å². The smallest absolute Gasteiger partial charge is 0.306 e. The Morgan fingerprint density at radius 3 is 3.00 bits per heavy atom. The molecule has 1 heterocycles. The first kappa shape index (κ1) is 9.70. The fourth-order valence-electron chi connectivity index (χ4n) is 2.82. The number of hydrogen-bond acceptors (Lipinski definition) is 1. The predicted molar refractivity (Wildman–Crippen MR) is 61.4 cm³/mol. The molecule has 1 atom stereocenters. The highest BCUT2D eigenvalue weighted by molar-refractivity contribution is 5.71. The fraction of sp³-hybridized carbons (Fsp3) is 0.462. The average molecular weight is 217 g/mol. The van der Waals surface area contributed by atoms with Gasteiger partial charge in [0.2, 0.25) is 0 Å². The summed E-state index contributed by atoms with van der Waals surface area (Å²) in [6, 6.07) is 0. The molecule has 0 saturated heterocycles. The molecule has 3 heteroatoms. The summed E-state index contributed by atoms with van der Waals surface area (Å²) in [6.45, 7) is 0. The van der Waals surface area contributed by atoms with E-state index in [0.29, 0.717) is 6.42 Å². The van der Waals surface area contributed by atoms with E-state index in [1.165, 1.54) is 16.1 Å². The zero-order valence-corrected chi connectivity index (χ0v) is 9.12. The Morgan fingerprint density at radius 2 is 2.19 bits per heavy atom. The van der Waals surface area contributed by atoms with Gasteiger partial charge in [-0.1, -0.05) is 12.2 Å². The van der Waals surface area contributed by atoms with Crippen LogP contribution >= 0.6 is 0 Å². The van der Waals surface area contributed by atoms with E-state index in [2.05, 4.69) is 17.1 Å². The van der Waals surface area contributed by atoms with Gasteiger partial charge in [0.05, 0.1) is 5.92 Å². The Balaban J connectivity index is 2.08. The first-order valence-corrected chi connectivity index (χ1v) is 5.88. The maximum atomic E-state index is 11.0. The van der Waals surface area contributed by atoms with Crippen molar-refractivity contribution in [1.82, 2.24) is 4.98 Å². The summed E-state index contributed by atoms with van der Waals surface area (Å²) in [5.74, 6) is -0.862. The fourth-order valence-corrected chi connectivity index (χ4v) is 2.82. The van der Waals surface area contributed by atoms with Gasteiger partial charge in [-0.05, 0) is 36.5 Å². The number of hydrogen-bond donors (Lipinski definition) is 2. The first-order chi connectivity index (χ1) is 7.75. The van der Waals surface area contributed by atoms with Gasteiger partial charge in [0.15, 0.2) is 0 Å². The van der Waals surface area contributed by atoms with Crippen molar-refractivity contribution in [1.29, 1.82) is 0 Å². The Bertz CT molecular complexity index is 553. The molecule has 3 rings (SSSR count). The standard InChI is InChI=1S/C13H15NO2/c15-13(16)8-5-6-10-9-3-1-2-4-11(9)14-12(10)7-8/h3-4,8,14H,1-2,5-7H2,(H,15,16). The molecule has 1 aromatic heterocycles. The van der Waals surface area contributed by atoms with E-state index in [4.69, 9.17) is 5.11 Å². The third-order valence-corrected chi connectivity index (χ3v) is 3.67. The highest BCUT2D eigenvalue weighted by atomic mass is 16.4. The van der Waals surface area contributed by atoms with Crippen LogP contribution in [0.5, 0.6) is 0 Å². The zero-order valence-electron chi connectivity index (χ0n) is 9.12. The van der Waals surface area contributed by atoms with Crippen molar-refractivity contribution in [2.24, 2.45) is 5.92 Å². The van der Waals surface area contributed by atoms with E-state index in [-0.39, 0.29) is 5.92 Å². The molecular weight excluding hydrogens is 202 g/mol. The molecule has 2 aliphatic rings. The molecule has 84 valence electrons. The van der Waals surface area contributed by atoms with Gasteiger partial charge < -0.3 is 10.1 Å². The number of nitrogens with one attached hydrogen (secondary N) is 1. The van der Waals surface area contributed by atoms with Gasteiger partial charge in [0, 0.05) is 17.5 Å². The lowest BCUT2D eigenvalue weighted by atomic mass is 9.87. The Morgan fingerprint density at radius 1 is 1.38 bits per heavy atom. The topological polar surface area (TPSA) is 53.1 Å². The predicted octanol–water partition coefficient (Wildman–Crippen LogP) is 0.559. The number of aromatic amines is 1. The molecule has 0 saturated carbocycles. The van der Waals surface area contributed by atoms with Crippen molar-refractivity contribution in [3.05, 3.63) is 21.8 Å². The Hall–Kier alpha value is -1.51. The van der Waals surface area contributed by atoms with Crippen molar-refractivity contribution in [3.63, 3.8) is 0 Å². The molecule has 2 N–H and O–H groups in total. The maximum Gasteiger partial charge on any atom is 0.306 e. The quantitative estimate of drug-likeness (QED) is 0.722. The minimum absolute atomic E-state index is 0.201. The number of aliphatic carboxylic acids is 1. The molecular formula is C13H15NO2. The van der Waals surface area contributed by atoms with E-state index in [9.17, 15) is 4.79 Å². The molecule has 1 aromatic rings. The summed E-state index contributed by atoms with van der Waals surface area (Å²) < 4.78 is 0. The van der Waals surface area contributed by atoms with Crippen LogP contribution in [0.4, 0.5) is 0 Å². The lowest BCUT2D eigenvalue weighted by Gasteiger charge is -2.18. The van der Waals surface area contributed by atoms with Gasteiger partial charge >= 0.3 is 5.97 Å². The Labute approximate surface area is 93.5 Å². The van der Waals surface area contributed by atoms with Gasteiger partial charge in [-0.25, -0.2) is 0 Å². The molecule has 1 unspecified atom stereocenters. The van der Waals surface area contributed by atoms with Crippen molar-refractivity contribution >= 4 is 18.1 Å². The molecule has 2 aliphatic carbocycles. The lowest BCUT2D eigenvalue weighted by molar-refractivity contribution is -0.142. The van der Waals surface area contributed by atoms with E-state index in [1.54, 1.807) is 0 Å². The lowest BCUT2D eigenvalue weighted by Crippen LogP contribution is -2.28. The Kier molecular flexibility index (Phi) is 2.13. The molecule has 16 heavy (non-hydrogen) atoms. The maximum absolute atomic E-state index is 11.0. The van der Waals surface area contributed by atoms with E-state index >= 15 is 0 Å². The van der Waals surface area contributed by atoms with Crippen molar-refractivity contribution in [2.75, 3.05) is 0 Å². The zero-order chi connectivity index (χ0) is 11.1. The number of carboxylic acid groups (broad SMARTS) is 1. The minimum atomic E-state index is -0.661. The van der Waals surface area contributed by atoms with Crippen molar-refractivity contribution in [3.8, 4) is 0 Å². The van der Waals surface area contributed by atoms with Crippen LogP contribution in [0.2, 0.25) is 0 Å². The second-order valence-corrected chi connectivity index (χ2v) is 4.67. The molecule has 0 aliphatic heterocycles. The number of aromatic nitrogens is 1. The van der Waals surface area contributed by atoms with E-state index in [1.807, 2.05) is 0 Å². The van der Waals surface area contributed by atoms with Crippen LogP contribution in [0.15, 0.2) is 0 Å².